The summed E-state index contributed by atoms with van der Waals surface area (Å²) in [7, 11) is 0. The first kappa shape index (κ1) is 13.4. The summed E-state index contributed by atoms with van der Waals surface area (Å²) in [4.78, 5) is 0. The smallest absolute Gasteiger partial charge is 0.0616 e. The molecule has 4 nitrogen and oxygen atoms in total. The van der Waals surface area contributed by atoms with Crippen LogP contribution in [0, 0.1) is 5.92 Å². The van der Waals surface area contributed by atoms with Crippen LogP contribution in [0.2, 0.25) is 0 Å². The molecular weight excluding hydrogens is 236 g/mol. The zero-order valence-electron chi connectivity index (χ0n) is 12.1. The molecule has 3 rings (SSSR count). The van der Waals surface area contributed by atoms with E-state index < -0.39 is 0 Å². The molecule has 0 bridgehead atoms. The summed E-state index contributed by atoms with van der Waals surface area (Å²) in [5.41, 5.74) is 11.4. The SMILES string of the molecule is CC1CCNN1C1=CCNC(C2CCCCC2)C1N. The highest BCUT2D eigenvalue weighted by Gasteiger charge is 2.36. The highest BCUT2D eigenvalue weighted by atomic mass is 15.6. The highest BCUT2D eigenvalue weighted by Crippen LogP contribution is 2.31. The molecule has 0 aromatic carbocycles. The molecule has 2 heterocycles. The summed E-state index contributed by atoms with van der Waals surface area (Å²) in [6.45, 7) is 4.33. The number of hydrogen-bond acceptors (Lipinski definition) is 4. The second kappa shape index (κ2) is 5.81. The molecular formula is C15H28N4. The lowest BCUT2D eigenvalue weighted by Gasteiger charge is -2.41. The van der Waals surface area contributed by atoms with E-state index >= 15 is 0 Å². The van der Waals surface area contributed by atoms with Crippen molar-refractivity contribution >= 4 is 0 Å². The van der Waals surface area contributed by atoms with Crippen LogP contribution in [0.3, 0.4) is 0 Å². The molecule has 0 aromatic rings. The average Bonchev–Trinajstić information content (AvgIpc) is 2.86. The lowest BCUT2D eigenvalue weighted by molar-refractivity contribution is 0.190. The largest absolute Gasteiger partial charge is 0.321 e. The van der Waals surface area contributed by atoms with Crippen molar-refractivity contribution in [2.75, 3.05) is 13.1 Å². The maximum atomic E-state index is 6.58. The minimum absolute atomic E-state index is 0.143. The van der Waals surface area contributed by atoms with E-state index in [-0.39, 0.29) is 6.04 Å². The van der Waals surface area contributed by atoms with Gasteiger partial charge in [-0.05, 0) is 38.2 Å². The molecule has 0 aromatic heterocycles. The second-order valence-electron chi connectivity index (χ2n) is 6.40. The Hall–Kier alpha value is -0.580. The van der Waals surface area contributed by atoms with Crippen LogP contribution in [0.25, 0.3) is 0 Å². The molecule has 0 spiro atoms. The predicted octanol–water partition coefficient (Wildman–Crippen LogP) is 1.35. The van der Waals surface area contributed by atoms with Gasteiger partial charge in [-0.1, -0.05) is 19.3 Å². The predicted molar refractivity (Wildman–Crippen MR) is 78.3 cm³/mol. The van der Waals surface area contributed by atoms with Gasteiger partial charge in [-0.15, -0.1) is 0 Å². The van der Waals surface area contributed by atoms with Gasteiger partial charge in [0.2, 0.25) is 0 Å². The quantitative estimate of drug-likeness (QED) is 0.705. The fourth-order valence-corrected chi connectivity index (χ4v) is 3.98. The molecule has 4 N–H and O–H groups in total. The van der Waals surface area contributed by atoms with Crippen LogP contribution in [-0.4, -0.2) is 36.2 Å². The summed E-state index contributed by atoms with van der Waals surface area (Å²) in [6, 6.07) is 1.18. The zero-order valence-corrected chi connectivity index (χ0v) is 12.1. The van der Waals surface area contributed by atoms with Crippen molar-refractivity contribution in [3.8, 4) is 0 Å². The molecule has 2 fully saturated rings. The molecule has 3 unspecified atom stereocenters. The van der Waals surface area contributed by atoms with Gasteiger partial charge in [-0.25, -0.2) is 5.43 Å². The van der Waals surface area contributed by atoms with E-state index in [1.807, 2.05) is 0 Å². The Morgan fingerprint density at radius 2 is 2.00 bits per heavy atom. The molecule has 3 atom stereocenters. The monoisotopic (exact) mass is 264 g/mol. The van der Waals surface area contributed by atoms with Crippen LogP contribution in [0.5, 0.6) is 0 Å². The lowest BCUT2D eigenvalue weighted by Crippen LogP contribution is -2.58. The topological polar surface area (TPSA) is 53.3 Å². The molecule has 1 saturated carbocycles. The van der Waals surface area contributed by atoms with E-state index in [4.69, 9.17) is 5.73 Å². The summed E-state index contributed by atoms with van der Waals surface area (Å²) in [5.74, 6) is 0.769. The summed E-state index contributed by atoms with van der Waals surface area (Å²) in [5, 5.41) is 5.97. The Kier molecular flexibility index (Phi) is 4.10. The third-order valence-corrected chi connectivity index (χ3v) is 5.11. The average molecular weight is 264 g/mol. The van der Waals surface area contributed by atoms with Gasteiger partial charge < -0.3 is 16.1 Å². The molecule has 1 saturated heterocycles. The molecule has 2 aliphatic heterocycles. The molecule has 3 aliphatic rings. The van der Waals surface area contributed by atoms with Crippen molar-refractivity contribution in [3.05, 3.63) is 11.8 Å². The van der Waals surface area contributed by atoms with Gasteiger partial charge in [0.05, 0.1) is 6.04 Å². The summed E-state index contributed by atoms with van der Waals surface area (Å²) < 4.78 is 0. The Labute approximate surface area is 116 Å². The molecule has 19 heavy (non-hydrogen) atoms. The first-order chi connectivity index (χ1) is 9.27. The van der Waals surface area contributed by atoms with Crippen LogP contribution in [0.4, 0.5) is 0 Å². The number of hydrogen-bond donors (Lipinski definition) is 3. The maximum absolute atomic E-state index is 6.58. The van der Waals surface area contributed by atoms with Crippen LogP contribution in [-0.2, 0) is 0 Å². The van der Waals surface area contributed by atoms with Gasteiger partial charge in [-0.2, -0.15) is 0 Å². The first-order valence-corrected chi connectivity index (χ1v) is 7.99. The second-order valence-corrected chi connectivity index (χ2v) is 6.40. The number of nitrogens with one attached hydrogen (secondary N) is 2. The van der Waals surface area contributed by atoms with Crippen molar-refractivity contribution in [1.82, 2.24) is 15.8 Å². The number of nitrogens with zero attached hydrogens (tertiary/aromatic N) is 1. The number of nitrogens with two attached hydrogens (primary N) is 1. The first-order valence-electron chi connectivity index (χ1n) is 7.99. The molecule has 0 radical (unpaired) electrons. The van der Waals surface area contributed by atoms with Gasteiger partial charge >= 0.3 is 0 Å². The van der Waals surface area contributed by atoms with Crippen LogP contribution in [0.1, 0.15) is 45.4 Å². The fourth-order valence-electron chi connectivity index (χ4n) is 3.98. The normalized spacial score (nSPS) is 37.5. The molecule has 1 aliphatic carbocycles. The van der Waals surface area contributed by atoms with E-state index in [0.717, 1.165) is 19.0 Å². The Morgan fingerprint density at radius 1 is 1.21 bits per heavy atom. The standard InChI is InChI=1S/C15H28N4/c1-11-7-10-18-19(11)13-8-9-17-15(14(13)16)12-5-3-2-4-6-12/h8,11-12,14-15,17-18H,2-7,9-10,16H2,1H3. The Balaban J connectivity index is 1.70. The minimum atomic E-state index is 0.143. The van der Waals surface area contributed by atoms with Gasteiger partial charge in [0.15, 0.2) is 0 Å². The number of hydrazine groups is 1. The summed E-state index contributed by atoms with van der Waals surface area (Å²) in [6.07, 6.45) is 10.4. The third-order valence-electron chi connectivity index (χ3n) is 5.11. The van der Waals surface area contributed by atoms with Gasteiger partial charge in [0, 0.05) is 30.9 Å². The van der Waals surface area contributed by atoms with E-state index in [1.54, 1.807) is 0 Å². The Bertz CT molecular complexity index is 335. The minimum Gasteiger partial charge on any atom is -0.321 e. The van der Waals surface area contributed by atoms with E-state index in [2.05, 4.69) is 28.8 Å². The zero-order chi connectivity index (χ0) is 13.2. The molecule has 108 valence electrons. The van der Waals surface area contributed by atoms with E-state index in [0.29, 0.717) is 12.1 Å². The third kappa shape index (κ3) is 2.67. The lowest BCUT2D eigenvalue weighted by atomic mass is 9.79. The van der Waals surface area contributed by atoms with Crippen LogP contribution < -0.4 is 16.5 Å². The molecule has 4 heteroatoms. The van der Waals surface area contributed by atoms with Crippen molar-refractivity contribution in [2.24, 2.45) is 11.7 Å². The Morgan fingerprint density at radius 3 is 2.68 bits per heavy atom. The van der Waals surface area contributed by atoms with Crippen LogP contribution in [0.15, 0.2) is 11.8 Å². The van der Waals surface area contributed by atoms with Gasteiger partial charge in [0.25, 0.3) is 0 Å². The van der Waals surface area contributed by atoms with Gasteiger partial charge in [0.1, 0.15) is 0 Å². The maximum Gasteiger partial charge on any atom is 0.0616 e. The van der Waals surface area contributed by atoms with E-state index in [9.17, 15) is 0 Å². The van der Waals surface area contributed by atoms with Crippen molar-refractivity contribution in [2.45, 2.75) is 63.6 Å². The van der Waals surface area contributed by atoms with Gasteiger partial charge in [-0.3, -0.25) is 0 Å². The number of rotatable bonds is 2. The fraction of sp³-hybridized carbons (Fsp3) is 0.867. The van der Waals surface area contributed by atoms with Crippen LogP contribution >= 0.6 is 0 Å². The van der Waals surface area contributed by atoms with Crippen molar-refractivity contribution in [1.29, 1.82) is 0 Å². The summed E-state index contributed by atoms with van der Waals surface area (Å²) >= 11 is 0. The molecule has 0 amide bonds. The highest BCUT2D eigenvalue weighted by molar-refractivity contribution is 5.19. The van der Waals surface area contributed by atoms with E-state index in [1.165, 1.54) is 44.2 Å². The van der Waals surface area contributed by atoms with Crippen molar-refractivity contribution in [3.63, 3.8) is 0 Å². The van der Waals surface area contributed by atoms with Crippen molar-refractivity contribution < 1.29 is 0 Å².